The normalized spacial score (nSPS) is 13.4. The van der Waals surface area contributed by atoms with Crippen LogP contribution in [0.4, 0.5) is 23.8 Å². The van der Waals surface area contributed by atoms with Gasteiger partial charge in [0.05, 0.1) is 6.61 Å². The van der Waals surface area contributed by atoms with E-state index in [1.165, 1.54) is 49.5 Å². The Morgan fingerprint density at radius 3 is 2.41 bits per heavy atom. The van der Waals surface area contributed by atoms with Crippen LogP contribution in [0, 0.1) is 6.92 Å². The average Bonchev–Trinajstić information content (AvgIpc) is 2.99. The first-order valence-electron chi connectivity index (χ1n) is 7.68. The van der Waals surface area contributed by atoms with Crippen molar-refractivity contribution in [3.63, 3.8) is 0 Å². The summed E-state index contributed by atoms with van der Waals surface area (Å²) in [5.74, 6) is -1.96. The number of anilines is 1. The second-order valence-corrected chi connectivity index (χ2v) is 5.22. The Morgan fingerprint density at radius 2 is 1.89 bits per heavy atom. The monoisotopic (exact) mass is 387 g/mol. The number of esters is 1. The molecule has 0 fully saturated rings. The molecular formula is C16H16F3N3O5. The standard InChI is InChI=1S/C16H16F3N3O5/c1-3-25-13(23)15(16(17,18)19,26-11-7-5-4-6-8-11)21-14(24)20-12-9-10(2)27-22-12/h4-9H,3H2,1-2H3,(H2,20,21,22,24)/t15-/m0/s1. The Morgan fingerprint density at radius 1 is 1.22 bits per heavy atom. The number of para-hydroxylation sites is 1. The van der Waals surface area contributed by atoms with Crippen LogP contribution in [0.5, 0.6) is 5.75 Å². The van der Waals surface area contributed by atoms with E-state index >= 15 is 0 Å². The van der Waals surface area contributed by atoms with E-state index in [9.17, 15) is 22.8 Å². The molecular weight excluding hydrogens is 371 g/mol. The van der Waals surface area contributed by atoms with Gasteiger partial charge < -0.3 is 14.0 Å². The van der Waals surface area contributed by atoms with E-state index in [2.05, 4.69) is 9.89 Å². The molecule has 1 heterocycles. The number of hydrogen-bond acceptors (Lipinski definition) is 6. The number of benzene rings is 1. The van der Waals surface area contributed by atoms with E-state index < -0.39 is 23.9 Å². The number of aryl methyl sites for hydroxylation is 1. The number of urea groups is 1. The number of nitrogens with one attached hydrogen (secondary N) is 2. The van der Waals surface area contributed by atoms with E-state index in [4.69, 9.17) is 9.26 Å². The van der Waals surface area contributed by atoms with E-state index in [0.717, 1.165) is 0 Å². The number of nitrogens with zero attached hydrogens (tertiary/aromatic N) is 1. The van der Waals surface area contributed by atoms with Crippen LogP contribution >= 0.6 is 0 Å². The van der Waals surface area contributed by atoms with Crippen molar-refractivity contribution in [1.29, 1.82) is 0 Å². The Bertz CT molecular complexity index is 794. The van der Waals surface area contributed by atoms with Crippen LogP contribution in [0.2, 0.25) is 0 Å². The maximum absolute atomic E-state index is 13.8. The smallest absolute Gasteiger partial charge is 0.460 e. The number of carbonyl (C=O) groups excluding carboxylic acids is 2. The summed E-state index contributed by atoms with van der Waals surface area (Å²) in [4.78, 5) is 24.3. The summed E-state index contributed by atoms with van der Waals surface area (Å²) in [5, 5.41) is 6.97. The fourth-order valence-electron chi connectivity index (χ4n) is 1.99. The van der Waals surface area contributed by atoms with Gasteiger partial charge in [0.15, 0.2) is 5.82 Å². The highest BCUT2D eigenvalue weighted by Gasteiger charge is 2.66. The average molecular weight is 387 g/mol. The lowest BCUT2D eigenvalue weighted by Gasteiger charge is -2.33. The highest BCUT2D eigenvalue weighted by Crippen LogP contribution is 2.34. The maximum Gasteiger partial charge on any atom is 0.460 e. The zero-order valence-electron chi connectivity index (χ0n) is 14.3. The van der Waals surface area contributed by atoms with Gasteiger partial charge in [-0.2, -0.15) is 13.2 Å². The highest BCUT2D eigenvalue weighted by atomic mass is 19.4. The van der Waals surface area contributed by atoms with Crippen LogP contribution in [0.15, 0.2) is 40.9 Å². The second-order valence-electron chi connectivity index (χ2n) is 5.22. The van der Waals surface area contributed by atoms with Gasteiger partial charge in [0, 0.05) is 6.07 Å². The molecule has 1 atom stereocenters. The number of hydrogen-bond donors (Lipinski definition) is 2. The van der Waals surface area contributed by atoms with Crippen LogP contribution in [-0.4, -0.2) is 35.7 Å². The van der Waals surface area contributed by atoms with Gasteiger partial charge in [-0.1, -0.05) is 23.4 Å². The minimum Gasteiger partial charge on any atom is -0.461 e. The van der Waals surface area contributed by atoms with Gasteiger partial charge in [-0.15, -0.1) is 0 Å². The van der Waals surface area contributed by atoms with Crippen molar-refractivity contribution in [2.75, 3.05) is 11.9 Å². The molecule has 2 rings (SSSR count). The molecule has 0 aliphatic heterocycles. The Balaban J connectivity index is 2.36. The van der Waals surface area contributed by atoms with E-state index in [0.29, 0.717) is 5.76 Å². The van der Waals surface area contributed by atoms with Crippen molar-refractivity contribution in [2.24, 2.45) is 0 Å². The van der Waals surface area contributed by atoms with Crippen molar-refractivity contribution in [3.8, 4) is 5.75 Å². The van der Waals surface area contributed by atoms with Gasteiger partial charge in [0.25, 0.3) is 0 Å². The minimum atomic E-state index is -5.34. The van der Waals surface area contributed by atoms with Gasteiger partial charge in [-0.05, 0) is 26.0 Å². The van der Waals surface area contributed by atoms with Crippen LogP contribution < -0.4 is 15.4 Å². The lowest BCUT2D eigenvalue weighted by atomic mass is 10.2. The summed E-state index contributed by atoms with van der Waals surface area (Å²) in [6.45, 7) is 2.48. The Labute approximate surface area is 151 Å². The molecule has 0 spiro atoms. The Kier molecular flexibility index (Phi) is 5.93. The number of halogens is 3. The third-order valence-electron chi connectivity index (χ3n) is 3.14. The van der Waals surface area contributed by atoms with Gasteiger partial charge in [0.1, 0.15) is 11.5 Å². The molecule has 146 valence electrons. The zero-order chi connectivity index (χ0) is 20.1. The number of rotatable bonds is 6. The topological polar surface area (TPSA) is 103 Å². The third-order valence-corrected chi connectivity index (χ3v) is 3.14. The molecule has 0 aliphatic rings. The predicted octanol–water partition coefficient (Wildman–Crippen LogP) is 3.01. The van der Waals surface area contributed by atoms with Crippen LogP contribution in [0.3, 0.4) is 0 Å². The molecule has 1 aromatic heterocycles. The lowest BCUT2D eigenvalue weighted by molar-refractivity contribution is -0.259. The first-order chi connectivity index (χ1) is 12.7. The molecule has 0 saturated heterocycles. The van der Waals surface area contributed by atoms with Gasteiger partial charge in [-0.25, -0.2) is 9.59 Å². The molecule has 2 N–H and O–H groups in total. The van der Waals surface area contributed by atoms with Crippen molar-refractivity contribution < 1.29 is 36.8 Å². The summed E-state index contributed by atoms with van der Waals surface area (Å²) >= 11 is 0. The fourth-order valence-corrected chi connectivity index (χ4v) is 1.99. The number of ether oxygens (including phenoxy) is 2. The molecule has 0 unspecified atom stereocenters. The fraction of sp³-hybridized carbons (Fsp3) is 0.312. The molecule has 27 heavy (non-hydrogen) atoms. The largest absolute Gasteiger partial charge is 0.461 e. The summed E-state index contributed by atoms with van der Waals surface area (Å²) in [6.07, 6.45) is -5.34. The molecule has 2 amide bonds. The predicted molar refractivity (Wildman–Crippen MR) is 85.9 cm³/mol. The van der Waals surface area contributed by atoms with Crippen LogP contribution in [0.25, 0.3) is 0 Å². The zero-order valence-corrected chi connectivity index (χ0v) is 14.3. The van der Waals surface area contributed by atoms with E-state index in [1.807, 2.05) is 5.32 Å². The molecule has 0 radical (unpaired) electrons. The van der Waals surface area contributed by atoms with Gasteiger partial charge in [-0.3, -0.25) is 10.6 Å². The number of alkyl halides is 3. The SMILES string of the molecule is CCOC(=O)[C@](NC(=O)Nc1cc(C)on1)(Oc1ccccc1)C(F)(F)F. The summed E-state index contributed by atoms with van der Waals surface area (Å²) in [7, 11) is 0. The quantitative estimate of drug-likeness (QED) is 0.584. The number of aromatic nitrogens is 1. The first-order valence-corrected chi connectivity index (χ1v) is 7.68. The Hall–Kier alpha value is -3.24. The number of carbonyl (C=O) groups is 2. The summed E-state index contributed by atoms with van der Waals surface area (Å²) in [5.41, 5.74) is -3.77. The molecule has 8 nitrogen and oxygen atoms in total. The molecule has 2 aromatic rings. The van der Waals surface area contributed by atoms with Crippen LogP contribution in [0.1, 0.15) is 12.7 Å². The lowest BCUT2D eigenvalue weighted by Crippen LogP contribution is -2.69. The van der Waals surface area contributed by atoms with Gasteiger partial charge in [0.2, 0.25) is 0 Å². The molecule has 0 saturated carbocycles. The first kappa shape index (κ1) is 20.1. The van der Waals surface area contributed by atoms with Gasteiger partial charge >= 0.3 is 23.9 Å². The second kappa shape index (κ2) is 7.98. The van der Waals surface area contributed by atoms with Crippen molar-refractivity contribution in [1.82, 2.24) is 10.5 Å². The van der Waals surface area contributed by atoms with Crippen molar-refractivity contribution in [3.05, 3.63) is 42.2 Å². The molecule has 0 bridgehead atoms. The molecule has 11 heteroatoms. The van der Waals surface area contributed by atoms with Crippen LogP contribution in [-0.2, 0) is 9.53 Å². The summed E-state index contributed by atoms with van der Waals surface area (Å²) < 4.78 is 55.6. The summed E-state index contributed by atoms with van der Waals surface area (Å²) in [6, 6.07) is 6.61. The third kappa shape index (κ3) is 4.68. The molecule has 0 aliphatic carbocycles. The molecule has 1 aromatic carbocycles. The minimum absolute atomic E-state index is 0.148. The van der Waals surface area contributed by atoms with Crippen molar-refractivity contribution in [2.45, 2.75) is 25.7 Å². The van der Waals surface area contributed by atoms with E-state index in [1.54, 1.807) is 6.07 Å². The maximum atomic E-state index is 13.8. The highest BCUT2D eigenvalue weighted by molar-refractivity contribution is 5.93. The number of amides is 2. The van der Waals surface area contributed by atoms with E-state index in [-0.39, 0.29) is 18.2 Å². The van der Waals surface area contributed by atoms with Crippen molar-refractivity contribution >= 4 is 17.8 Å².